The van der Waals surface area contributed by atoms with Crippen LogP contribution in [0.15, 0.2) is 47.5 Å². The number of carbonyl (C=O) groups is 1. The van der Waals surface area contributed by atoms with Gasteiger partial charge in [-0.3, -0.25) is 14.5 Å². The molecule has 0 unspecified atom stereocenters. The number of hydrogen-bond acceptors (Lipinski definition) is 4. The van der Waals surface area contributed by atoms with Crippen LogP contribution in [-0.4, -0.2) is 57.4 Å². The van der Waals surface area contributed by atoms with Crippen LogP contribution in [0, 0.1) is 11.8 Å². The van der Waals surface area contributed by atoms with Gasteiger partial charge >= 0.3 is 0 Å². The van der Waals surface area contributed by atoms with Crippen molar-refractivity contribution in [3.05, 3.63) is 64.3 Å². The molecule has 4 heterocycles. The molecule has 0 spiro atoms. The van der Waals surface area contributed by atoms with E-state index in [1.54, 1.807) is 0 Å². The van der Waals surface area contributed by atoms with E-state index in [9.17, 15) is 9.59 Å². The van der Waals surface area contributed by atoms with E-state index < -0.39 is 0 Å². The molecule has 1 N–H and O–H groups in total. The van der Waals surface area contributed by atoms with Crippen molar-refractivity contribution < 1.29 is 4.79 Å². The maximum absolute atomic E-state index is 12.9. The largest absolute Gasteiger partial charge is 0.337 e. The molecule has 6 heteroatoms. The molecule has 3 saturated heterocycles. The molecular weight excluding hydrogens is 364 g/mol. The molecule has 3 aliphatic rings. The molecule has 6 nitrogen and oxygen atoms in total. The Labute approximate surface area is 170 Å². The van der Waals surface area contributed by atoms with Gasteiger partial charge in [-0.2, -0.15) is 0 Å². The number of carbonyl (C=O) groups excluding carboxylic acids is 1. The van der Waals surface area contributed by atoms with Gasteiger partial charge in [0.05, 0.1) is 6.20 Å². The van der Waals surface area contributed by atoms with Gasteiger partial charge in [-0.25, -0.2) is 4.98 Å². The predicted octanol–water partition coefficient (Wildman–Crippen LogP) is 2.33. The molecule has 0 aliphatic carbocycles. The van der Waals surface area contributed by atoms with E-state index in [0.29, 0.717) is 29.6 Å². The van der Waals surface area contributed by atoms with Gasteiger partial charge in [-0.15, -0.1) is 0 Å². The lowest BCUT2D eigenvalue weighted by Gasteiger charge is -2.55. The van der Waals surface area contributed by atoms with Crippen LogP contribution in [0.4, 0.5) is 0 Å². The van der Waals surface area contributed by atoms with Crippen LogP contribution in [0.5, 0.6) is 0 Å². The smallest absolute Gasteiger partial charge is 0.273 e. The van der Waals surface area contributed by atoms with Crippen molar-refractivity contribution >= 4 is 5.91 Å². The van der Waals surface area contributed by atoms with Crippen molar-refractivity contribution in [3.63, 3.8) is 0 Å². The van der Waals surface area contributed by atoms with Gasteiger partial charge in [0.25, 0.3) is 11.5 Å². The lowest BCUT2D eigenvalue weighted by atomic mass is 9.74. The maximum Gasteiger partial charge on any atom is 0.273 e. The van der Waals surface area contributed by atoms with Crippen LogP contribution in [-0.2, 0) is 6.42 Å². The van der Waals surface area contributed by atoms with E-state index in [1.807, 2.05) is 4.90 Å². The summed E-state index contributed by atoms with van der Waals surface area (Å²) in [5, 5.41) is 0. The summed E-state index contributed by atoms with van der Waals surface area (Å²) in [5.41, 5.74) is 1.49. The minimum atomic E-state index is -0.278. The highest BCUT2D eigenvalue weighted by atomic mass is 16.2. The highest BCUT2D eigenvalue weighted by molar-refractivity contribution is 5.92. The lowest BCUT2D eigenvalue weighted by Crippen LogP contribution is -2.62. The van der Waals surface area contributed by atoms with Crippen LogP contribution in [0.3, 0.4) is 0 Å². The quantitative estimate of drug-likeness (QED) is 0.870. The van der Waals surface area contributed by atoms with Gasteiger partial charge < -0.3 is 9.88 Å². The molecule has 0 radical (unpaired) electrons. The van der Waals surface area contributed by atoms with Crippen LogP contribution in [0.2, 0.25) is 0 Å². The Morgan fingerprint density at radius 3 is 2.79 bits per heavy atom. The molecule has 3 aliphatic heterocycles. The normalized spacial score (nSPS) is 29.3. The fourth-order valence-electron chi connectivity index (χ4n) is 5.80. The molecule has 1 aromatic heterocycles. The number of fused-ring (bicyclic) bond motifs is 4. The summed E-state index contributed by atoms with van der Waals surface area (Å²) in [6.07, 6.45) is 8.77. The van der Waals surface area contributed by atoms with E-state index in [4.69, 9.17) is 0 Å². The van der Waals surface area contributed by atoms with Crippen molar-refractivity contribution in [2.45, 2.75) is 44.2 Å². The van der Waals surface area contributed by atoms with Crippen LogP contribution < -0.4 is 5.56 Å². The standard InChI is InChI=1S/C23H28N4O2/c28-22-12-24-20(11-25-22)23(29)26-13-17-9-18(15-26)21-8-4-7-19(27(21)14-17)10-16-5-2-1-3-6-16/h1-3,5-6,11-12,17-19,21H,4,7-10,13-15H2,(H,25,28)/t17-,18+,19+,21-/m0/s1. The highest BCUT2D eigenvalue weighted by Gasteiger charge is 2.45. The first-order valence-corrected chi connectivity index (χ1v) is 10.8. The number of hydrogen-bond donors (Lipinski definition) is 1. The van der Waals surface area contributed by atoms with E-state index in [0.717, 1.165) is 26.1 Å². The second-order valence-electron chi connectivity index (χ2n) is 8.91. The SMILES string of the molecule is O=C(c1c[nH]c(=O)cn1)N1C[C@@H]2C[C@H](C1)[C@@H]1CCC[C@H](Cc3ccccc3)N1C2. The Hall–Kier alpha value is -2.47. The minimum Gasteiger partial charge on any atom is -0.337 e. The second kappa shape index (κ2) is 7.75. The van der Waals surface area contributed by atoms with Crippen molar-refractivity contribution in [2.75, 3.05) is 19.6 Å². The molecule has 4 atom stereocenters. The third-order valence-corrected chi connectivity index (χ3v) is 7.01. The van der Waals surface area contributed by atoms with Crippen molar-refractivity contribution in [2.24, 2.45) is 11.8 Å². The van der Waals surface area contributed by atoms with Gasteiger partial charge in [0.2, 0.25) is 0 Å². The first-order valence-electron chi connectivity index (χ1n) is 10.8. The average Bonchev–Trinajstić information content (AvgIpc) is 2.75. The predicted molar refractivity (Wildman–Crippen MR) is 111 cm³/mol. The van der Waals surface area contributed by atoms with Gasteiger partial charge in [0.1, 0.15) is 5.69 Å². The molecule has 3 fully saturated rings. The van der Waals surface area contributed by atoms with Gasteiger partial charge in [0.15, 0.2) is 0 Å². The van der Waals surface area contributed by atoms with E-state index >= 15 is 0 Å². The lowest BCUT2D eigenvalue weighted by molar-refractivity contribution is -0.0499. The topological polar surface area (TPSA) is 69.3 Å². The molecule has 5 rings (SSSR count). The molecule has 1 aromatic carbocycles. The van der Waals surface area contributed by atoms with Crippen molar-refractivity contribution in [3.8, 4) is 0 Å². The molecule has 152 valence electrons. The van der Waals surface area contributed by atoms with Crippen molar-refractivity contribution in [1.82, 2.24) is 19.8 Å². The fraction of sp³-hybridized carbons (Fsp3) is 0.522. The molecule has 0 saturated carbocycles. The summed E-state index contributed by atoms with van der Waals surface area (Å²) in [5.74, 6) is 1.00. The number of aromatic amines is 1. The Morgan fingerprint density at radius 1 is 1.14 bits per heavy atom. The summed E-state index contributed by atoms with van der Waals surface area (Å²) in [6.45, 7) is 2.67. The summed E-state index contributed by atoms with van der Waals surface area (Å²) in [6, 6.07) is 12.0. The van der Waals surface area contributed by atoms with Crippen LogP contribution >= 0.6 is 0 Å². The number of benzene rings is 1. The summed E-state index contributed by atoms with van der Waals surface area (Å²) in [4.78, 5) is 35.5. The second-order valence-corrected chi connectivity index (χ2v) is 8.91. The Morgan fingerprint density at radius 2 is 2.00 bits per heavy atom. The monoisotopic (exact) mass is 392 g/mol. The van der Waals surface area contributed by atoms with E-state index in [-0.39, 0.29) is 11.5 Å². The average molecular weight is 393 g/mol. The Bertz CT molecular complexity index is 907. The van der Waals surface area contributed by atoms with Gasteiger partial charge in [-0.1, -0.05) is 36.8 Å². The van der Waals surface area contributed by atoms with Crippen LogP contribution in [0.1, 0.15) is 41.7 Å². The first kappa shape index (κ1) is 18.6. The first-order chi connectivity index (χ1) is 14.2. The zero-order valence-corrected chi connectivity index (χ0v) is 16.7. The summed E-state index contributed by atoms with van der Waals surface area (Å²) in [7, 11) is 0. The number of nitrogens with one attached hydrogen (secondary N) is 1. The van der Waals surface area contributed by atoms with Crippen molar-refractivity contribution in [1.29, 1.82) is 0 Å². The zero-order chi connectivity index (χ0) is 19.8. The number of rotatable bonds is 3. The molecule has 2 aromatic rings. The number of likely N-dealkylation sites (tertiary alicyclic amines) is 1. The third kappa shape index (κ3) is 3.73. The highest BCUT2D eigenvalue weighted by Crippen LogP contribution is 2.40. The molecule has 2 bridgehead atoms. The third-order valence-electron chi connectivity index (χ3n) is 7.01. The maximum atomic E-state index is 12.9. The number of amides is 1. The van der Waals surface area contributed by atoms with Crippen LogP contribution in [0.25, 0.3) is 0 Å². The number of H-pyrrole nitrogens is 1. The minimum absolute atomic E-state index is 0.0546. The summed E-state index contributed by atoms with van der Waals surface area (Å²) < 4.78 is 0. The number of aromatic nitrogens is 2. The fourth-order valence-corrected chi connectivity index (χ4v) is 5.80. The zero-order valence-electron chi connectivity index (χ0n) is 16.7. The number of nitrogens with zero attached hydrogens (tertiary/aromatic N) is 3. The van der Waals surface area contributed by atoms with E-state index in [1.165, 1.54) is 43.6 Å². The van der Waals surface area contributed by atoms with Gasteiger partial charge in [0, 0.05) is 37.9 Å². The molecular formula is C23H28N4O2. The Kier molecular flexibility index (Phi) is 4.96. The van der Waals surface area contributed by atoms with Gasteiger partial charge in [-0.05, 0) is 43.1 Å². The molecule has 1 amide bonds. The van der Waals surface area contributed by atoms with E-state index in [2.05, 4.69) is 45.2 Å². The Balaban J connectivity index is 1.31. The molecule has 29 heavy (non-hydrogen) atoms. The summed E-state index contributed by atoms with van der Waals surface area (Å²) >= 11 is 0. The number of piperidine rings is 3.